The molecule has 0 saturated carbocycles. The van der Waals surface area contributed by atoms with E-state index in [1.165, 1.54) is 33.0 Å². The molecule has 0 N–H and O–H groups in total. The Kier molecular flexibility index (Phi) is 13.6. The predicted octanol–water partition coefficient (Wildman–Crippen LogP) is 22.0. The molecule has 0 aliphatic rings. The van der Waals surface area contributed by atoms with Gasteiger partial charge in [0, 0.05) is 67.6 Å². The Labute approximate surface area is 485 Å². The lowest BCUT2D eigenvalue weighted by Crippen LogP contribution is -2.15. The average Bonchev–Trinajstić information content (AvgIpc) is 4.14. The van der Waals surface area contributed by atoms with Crippen LogP contribution < -0.4 is 19.6 Å². The summed E-state index contributed by atoms with van der Waals surface area (Å²) in [6.45, 7) is 0. The standard InChI is InChI=1S/C78H57N5/c1-9-25-58(26-10-1)60-41-51-77-75(53-60)76-54-61(59-27-11-2-12-28-59)42-52-78(76)83(77)74-56-72(81(66-37-21-7-22-38-66)70-47-43-68(44-48-70)79(62-29-13-3-14-30-62)63-31-15-4-16-32-63)55-73(57-74)82(67-39-23-8-24-40-67)71-49-45-69(46-50-71)80(64-33-17-5-18-34-64)65-35-19-6-20-36-65/h1-57H. The maximum Gasteiger partial charge on any atom is 0.0541 e. The number of rotatable bonds is 15. The molecule has 5 nitrogen and oxygen atoms in total. The van der Waals surface area contributed by atoms with E-state index in [2.05, 4.69) is 370 Å². The van der Waals surface area contributed by atoms with Crippen LogP contribution in [0.3, 0.4) is 0 Å². The third kappa shape index (κ3) is 10.0. The molecular formula is C78H57N5. The van der Waals surface area contributed by atoms with Gasteiger partial charge in [0.1, 0.15) is 0 Å². The summed E-state index contributed by atoms with van der Waals surface area (Å²) in [6, 6.07) is 124. The molecule has 14 rings (SSSR count). The van der Waals surface area contributed by atoms with Crippen molar-refractivity contribution in [1.29, 1.82) is 0 Å². The highest BCUT2D eigenvalue weighted by atomic mass is 15.2. The highest BCUT2D eigenvalue weighted by Crippen LogP contribution is 2.46. The van der Waals surface area contributed by atoms with Crippen molar-refractivity contribution in [2.75, 3.05) is 19.6 Å². The van der Waals surface area contributed by atoms with Crippen LogP contribution >= 0.6 is 0 Å². The van der Waals surface area contributed by atoms with Crippen LogP contribution in [0.2, 0.25) is 0 Å². The normalized spacial score (nSPS) is 11.1. The van der Waals surface area contributed by atoms with Crippen LogP contribution in [-0.2, 0) is 0 Å². The van der Waals surface area contributed by atoms with Crippen molar-refractivity contribution in [2.45, 2.75) is 0 Å². The van der Waals surface area contributed by atoms with E-state index < -0.39 is 0 Å². The van der Waals surface area contributed by atoms with Crippen LogP contribution in [0.5, 0.6) is 0 Å². The summed E-state index contributed by atoms with van der Waals surface area (Å²) >= 11 is 0. The van der Waals surface area contributed by atoms with Crippen molar-refractivity contribution in [3.8, 4) is 27.9 Å². The molecule has 0 unspecified atom stereocenters. The molecule has 0 saturated heterocycles. The van der Waals surface area contributed by atoms with Gasteiger partial charge in [-0.05, 0) is 186 Å². The fourth-order valence-electron chi connectivity index (χ4n) is 11.6. The van der Waals surface area contributed by atoms with Crippen LogP contribution in [0.4, 0.5) is 68.2 Å². The summed E-state index contributed by atoms with van der Waals surface area (Å²) in [5.41, 5.74) is 20.5. The Morgan fingerprint density at radius 3 is 0.663 bits per heavy atom. The van der Waals surface area contributed by atoms with Gasteiger partial charge in [-0.1, -0.05) is 182 Å². The SMILES string of the molecule is c1ccc(-c2ccc3c(c2)c2cc(-c4ccccc4)ccc2n3-c2cc(N(c3ccccc3)c3ccc(N(c4ccccc4)c4ccccc4)cc3)cc(N(c3ccccc3)c3ccc(N(c4ccccc4)c4ccccc4)cc3)c2)cc1. The lowest BCUT2D eigenvalue weighted by atomic mass is 10.0. The number of aromatic nitrogens is 1. The molecule has 0 spiro atoms. The van der Waals surface area contributed by atoms with E-state index in [4.69, 9.17) is 0 Å². The van der Waals surface area contributed by atoms with Crippen LogP contribution in [0.25, 0.3) is 49.7 Å². The molecule has 0 bridgehead atoms. The molecule has 14 aromatic rings. The summed E-state index contributed by atoms with van der Waals surface area (Å²) in [7, 11) is 0. The van der Waals surface area contributed by atoms with Crippen molar-refractivity contribution in [3.63, 3.8) is 0 Å². The van der Waals surface area contributed by atoms with E-state index in [0.29, 0.717) is 0 Å². The second-order valence-corrected chi connectivity index (χ2v) is 20.6. The van der Waals surface area contributed by atoms with Gasteiger partial charge in [-0.15, -0.1) is 0 Å². The van der Waals surface area contributed by atoms with Crippen molar-refractivity contribution in [1.82, 2.24) is 4.57 Å². The molecular weight excluding hydrogens is 1010 g/mol. The van der Waals surface area contributed by atoms with Gasteiger partial charge < -0.3 is 24.2 Å². The zero-order valence-corrected chi connectivity index (χ0v) is 45.6. The van der Waals surface area contributed by atoms with Gasteiger partial charge in [-0.3, -0.25) is 0 Å². The monoisotopic (exact) mass is 1060 g/mol. The second kappa shape index (κ2) is 22.5. The summed E-state index contributed by atoms with van der Waals surface area (Å²) < 4.78 is 2.47. The zero-order chi connectivity index (χ0) is 55.3. The molecule has 83 heavy (non-hydrogen) atoms. The molecule has 0 atom stereocenters. The molecule has 0 amide bonds. The number of benzene rings is 13. The molecule has 0 fully saturated rings. The number of nitrogens with zero attached hydrogens (tertiary/aromatic N) is 5. The van der Waals surface area contributed by atoms with Crippen molar-refractivity contribution in [2.24, 2.45) is 0 Å². The third-order valence-electron chi connectivity index (χ3n) is 15.5. The molecule has 1 heterocycles. The van der Waals surface area contributed by atoms with Gasteiger partial charge in [0.05, 0.1) is 28.1 Å². The van der Waals surface area contributed by atoms with Gasteiger partial charge in [0.2, 0.25) is 0 Å². The van der Waals surface area contributed by atoms with Gasteiger partial charge in [-0.2, -0.15) is 0 Å². The lowest BCUT2D eigenvalue weighted by Gasteiger charge is -2.31. The number of fused-ring (bicyclic) bond motifs is 3. The Morgan fingerprint density at radius 2 is 0.398 bits per heavy atom. The first-order valence-corrected chi connectivity index (χ1v) is 28.2. The first-order chi connectivity index (χ1) is 41.2. The van der Waals surface area contributed by atoms with E-state index >= 15 is 0 Å². The van der Waals surface area contributed by atoms with Gasteiger partial charge in [-0.25, -0.2) is 0 Å². The number of hydrogen-bond donors (Lipinski definition) is 0. The number of hydrogen-bond acceptors (Lipinski definition) is 4. The lowest BCUT2D eigenvalue weighted by molar-refractivity contribution is 1.16. The Balaban J connectivity index is 0.998. The minimum atomic E-state index is 0.994. The highest BCUT2D eigenvalue weighted by Gasteiger charge is 2.24. The summed E-state index contributed by atoms with van der Waals surface area (Å²) in [5.74, 6) is 0. The summed E-state index contributed by atoms with van der Waals surface area (Å²) in [4.78, 5) is 9.41. The van der Waals surface area contributed by atoms with Gasteiger partial charge in [0.15, 0.2) is 0 Å². The van der Waals surface area contributed by atoms with Crippen LogP contribution in [-0.4, -0.2) is 4.57 Å². The quantitative estimate of drug-likeness (QED) is 0.102. The van der Waals surface area contributed by atoms with Crippen molar-refractivity contribution < 1.29 is 0 Å². The zero-order valence-electron chi connectivity index (χ0n) is 45.6. The van der Waals surface area contributed by atoms with Crippen molar-refractivity contribution in [3.05, 3.63) is 346 Å². The maximum absolute atomic E-state index is 2.47. The first kappa shape index (κ1) is 50.1. The summed E-state index contributed by atoms with van der Waals surface area (Å²) in [6.07, 6.45) is 0. The average molecular weight is 1060 g/mol. The van der Waals surface area contributed by atoms with E-state index in [1.807, 2.05) is 0 Å². The number of para-hydroxylation sites is 6. The topological polar surface area (TPSA) is 17.9 Å². The van der Waals surface area contributed by atoms with Gasteiger partial charge in [0.25, 0.3) is 0 Å². The molecule has 5 heteroatoms. The van der Waals surface area contributed by atoms with Crippen molar-refractivity contribution >= 4 is 90.1 Å². The smallest absolute Gasteiger partial charge is 0.0541 e. The molecule has 0 aliphatic carbocycles. The first-order valence-electron chi connectivity index (χ1n) is 28.2. The fourth-order valence-corrected chi connectivity index (χ4v) is 11.6. The van der Waals surface area contributed by atoms with E-state index in [9.17, 15) is 0 Å². The third-order valence-corrected chi connectivity index (χ3v) is 15.5. The Hall–Kier alpha value is -11.1. The molecule has 1 aromatic heterocycles. The molecule has 0 radical (unpaired) electrons. The molecule has 13 aromatic carbocycles. The highest BCUT2D eigenvalue weighted by molar-refractivity contribution is 6.12. The van der Waals surface area contributed by atoms with Crippen LogP contribution in [0.15, 0.2) is 346 Å². The van der Waals surface area contributed by atoms with E-state index in [0.717, 1.165) is 85.0 Å². The number of anilines is 12. The minimum absolute atomic E-state index is 0.994. The molecule has 394 valence electrons. The Morgan fingerprint density at radius 1 is 0.169 bits per heavy atom. The largest absolute Gasteiger partial charge is 0.311 e. The van der Waals surface area contributed by atoms with Gasteiger partial charge >= 0.3 is 0 Å². The minimum Gasteiger partial charge on any atom is -0.311 e. The van der Waals surface area contributed by atoms with E-state index in [-0.39, 0.29) is 0 Å². The van der Waals surface area contributed by atoms with E-state index in [1.54, 1.807) is 0 Å². The second-order valence-electron chi connectivity index (χ2n) is 20.6. The predicted molar refractivity (Wildman–Crippen MR) is 350 cm³/mol. The summed E-state index contributed by atoms with van der Waals surface area (Å²) in [5, 5.41) is 2.36. The molecule has 0 aliphatic heterocycles. The maximum atomic E-state index is 2.47. The van der Waals surface area contributed by atoms with Crippen LogP contribution in [0.1, 0.15) is 0 Å². The Bertz CT molecular complexity index is 4080. The fraction of sp³-hybridized carbons (Fsp3) is 0. The van der Waals surface area contributed by atoms with Crippen LogP contribution in [0, 0.1) is 0 Å².